The first-order valence-corrected chi connectivity index (χ1v) is 10.2. The van der Waals surface area contributed by atoms with Crippen molar-refractivity contribution in [2.45, 2.75) is 17.2 Å². The van der Waals surface area contributed by atoms with Crippen LogP contribution in [0.15, 0.2) is 47.4 Å². The van der Waals surface area contributed by atoms with Crippen molar-refractivity contribution in [3.63, 3.8) is 0 Å². The van der Waals surface area contributed by atoms with E-state index in [1.807, 2.05) is 24.3 Å². The molecule has 1 fully saturated rings. The summed E-state index contributed by atoms with van der Waals surface area (Å²) in [6, 6.07) is 12.9. The van der Waals surface area contributed by atoms with Gasteiger partial charge in [-0.05, 0) is 43.8 Å². The number of benzene rings is 2. The second-order valence-corrected chi connectivity index (χ2v) is 9.13. The van der Waals surface area contributed by atoms with E-state index in [9.17, 15) is 8.42 Å². The summed E-state index contributed by atoms with van der Waals surface area (Å²) in [5, 5.41) is 1.55. The Bertz CT molecular complexity index is 1130. The van der Waals surface area contributed by atoms with Crippen molar-refractivity contribution in [1.29, 1.82) is 0 Å². The van der Waals surface area contributed by atoms with E-state index < -0.39 is 10.0 Å². The molecule has 25 heavy (non-hydrogen) atoms. The maximum Gasteiger partial charge on any atom is 0.269 e. The van der Waals surface area contributed by atoms with Gasteiger partial charge in [0.1, 0.15) is 0 Å². The lowest BCUT2D eigenvalue weighted by atomic mass is 9.92. The molecule has 1 saturated heterocycles. The number of nitrogens with zero attached hydrogens (tertiary/aromatic N) is 2. The standard InChI is InChI=1S/C19H17ClN2O2S/c1-21-9-8-12(11-21)18-14-7-6-13(20)10-16(14)22-19(18)15-4-2-3-5-17(15)25(22,23)24/h2-7,10,12H,8-9,11H2,1H3/t12-/m1/s1. The second kappa shape index (κ2) is 5.10. The summed E-state index contributed by atoms with van der Waals surface area (Å²) in [6.45, 7) is 1.97. The summed E-state index contributed by atoms with van der Waals surface area (Å²) >= 11 is 6.20. The Balaban J connectivity index is 1.94. The molecule has 0 N–H and O–H groups in total. The average molecular weight is 373 g/mol. The van der Waals surface area contributed by atoms with Gasteiger partial charge in [-0.2, -0.15) is 0 Å². The van der Waals surface area contributed by atoms with E-state index in [0.29, 0.717) is 21.4 Å². The van der Waals surface area contributed by atoms with Crippen LogP contribution in [0.1, 0.15) is 17.9 Å². The number of likely N-dealkylation sites (N-methyl/N-ethyl adjacent to an activating group) is 1. The number of hydrogen-bond donors (Lipinski definition) is 0. The molecule has 2 aromatic carbocycles. The lowest BCUT2D eigenvalue weighted by Crippen LogP contribution is -2.13. The summed E-state index contributed by atoms with van der Waals surface area (Å²) in [4.78, 5) is 2.69. The van der Waals surface area contributed by atoms with Crippen LogP contribution in [-0.4, -0.2) is 37.4 Å². The Labute approximate surface area is 151 Å². The third kappa shape index (κ3) is 2.00. The van der Waals surface area contributed by atoms with Gasteiger partial charge in [-0.25, -0.2) is 12.4 Å². The molecule has 4 nitrogen and oxygen atoms in total. The summed E-state index contributed by atoms with van der Waals surface area (Å²) in [6.07, 6.45) is 1.04. The van der Waals surface area contributed by atoms with Crippen molar-refractivity contribution in [2.75, 3.05) is 20.1 Å². The summed E-state index contributed by atoms with van der Waals surface area (Å²) in [7, 11) is -1.47. The molecule has 6 heteroatoms. The van der Waals surface area contributed by atoms with Crippen LogP contribution in [0.5, 0.6) is 0 Å². The number of likely N-dealkylation sites (tertiary alicyclic amines) is 1. The Hall–Kier alpha value is -1.82. The molecular weight excluding hydrogens is 356 g/mol. The highest BCUT2D eigenvalue weighted by atomic mass is 35.5. The molecule has 5 rings (SSSR count). The fraction of sp³-hybridized carbons (Fsp3) is 0.263. The minimum atomic E-state index is -3.59. The molecule has 0 bridgehead atoms. The van der Waals surface area contributed by atoms with Crippen LogP contribution in [0.25, 0.3) is 22.2 Å². The van der Waals surface area contributed by atoms with Crippen molar-refractivity contribution in [3.8, 4) is 11.3 Å². The molecule has 2 aliphatic heterocycles. The van der Waals surface area contributed by atoms with E-state index in [4.69, 9.17) is 11.6 Å². The van der Waals surface area contributed by atoms with Crippen molar-refractivity contribution in [1.82, 2.24) is 8.87 Å². The van der Waals surface area contributed by atoms with Gasteiger partial charge in [0.05, 0.1) is 16.1 Å². The van der Waals surface area contributed by atoms with E-state index in [1.165, 1.54) is 3.97 Å². The van der Waals surface area contributed by atoms with Crippen molar-refractivity contribution >= 4 is 32.5 Å². The molecule has 0 radical (unpaired) electrons. The monoisotopic (exact) mass is 372 g/mol. The predicted octanol–water partition coefficient (Wildman–Crippen LogP) is 3.93. The summed E-state index contributed by atoms with van der Waals surface area (Å²) in [5.41, 5.74) is 3.46. The Morgan fingerprint density at radius 2 is 1.96 bits per heavy atom. The molecule has 0 unspecified atom stereocenters. The van der Waals surface area contributed by atoms with Gasteiger partial charge in [-0.15, -0.1) is 0 Å². The number of fused-ring (bicyclic) bond motifs is 5. The second-order valence-electron chi connectivity index (χ2n) is 6.94. The van der Waals surface area contributed by atoms with E-state index in [2.05, 4.69) is 11.9 Å². The minimum Gasteiger partial charge on any atom is -0.306 e. The molecule has 128 valence electrons. The number of halogens is 1. The highest BCUT2D eigenvalue weighted by molar-refractivity contribution is 7.90. The van der Waals surface area contributed by atoms with Crippen LogP contribution in [-0.2, 0) is 10.0 Å². The highest BCUT2D eigenvalue weighted by Gasteiger charge is 2.39. The van der Waals surface area contributed by atoms with E-state index in [0.717, 1.165) is 41.7 Å². The summed E-state index contributed by atoms with van der Waals surface area (Å²) < 4.78 is 27.9. The van der Waals surface area contributed by atoms with E-state index in [1.54, 1.807) is 18.2 Å². The van der Waals surface area contributed by atoms with Crippen molar-refractivity contribution in [2.24, 2.45) is 0 Å². The summed E-state index contributed by atoms with van der Waals surface area (Å²) in [5.74, 6) is 0.325. The number of hydrogen-bond acceptors (Lipinski definition) is 3. The molecule has 2 aliphatic rings. The highest BCUT2D eigenvalue weighted by Crippen LogP contribution is 2.49. The van der Waals surface area contributed by atoms with Gasteiger partial charge >= 0.3 is 0 Å². The van der Waals surface area contributed by atoms with Gasteiger partial charge in [0.2, 0.25) is 0 Å². The van der Waals surface area contributed by atoms with E-state index in [-0.39, 0.29) is 0 Å². The molecular formula is C19H17ClN2O2S. The Morgan fingerprint density at radius 1 is 1.16 bits per heavy atom. The van der Waals surface area contributed by atoms with Crippen LogP contribution >= 0.6 is 11.6 Å². The first-order valence-electron chi connectivity index (χ1n) is 8.36. The van der Waals surface area contributed by atoms with Crippen LogP contribution in [0, 0.1) is 0 Å². The zero-order chi connectivity index (χ0) is 17.3. The predicted molar refractivity (Wildman–Crippen MR) is 99.8 cm³/mol. The largest absolute Gasteiger partial charge is 0.306 e. The molecule has 0 spiro atoms. The minimum absolute atomic E-state index is 0.325. The number of rotatable bonds is 1. The van der Waals surface area contributed by atoms with Crippen molar-refractivity contribution < 1.29 is 8.42 Å². The van der Waals surface area contributed by atoms with Gasteiger partial charge in [-0.3, -0.25) is 0 Å². The normalized spacial score (nSPS) is 21.6. The first-order chi connectivity index (χ1) is 12.0. The molecule has 0 aliphatic carbocycles. The van der Waals surface area contributed by atoms with Gasteiger partial charge < -0.3 is 4.90 Å². The lowest BCUT2D eigenvalue weighted by molar-refractivity contribution is 0.412. The molecule has 3 aromatic rings. The van der Waals surface area contributed by atoms with Gasteiger partial charge in [-0.1, -0.05) is 35.9 Å². The molecule has 0 amide bonds. The van der Waals surface area contributed by atoms with Crippen LogP contribution in [0.4, 0.5) is 0 Å². The average Bonchev–Trinajstić information content (AvgIpc) is 3.21. The zero-order valence-corrected chi connectivity index (χ0v) is 15.3. The van der Waals surface area contributed by atoms with Crippen LogP contribution in [0.2, 0.25) is 5.02 Å². The van der Waals surface area contributed by atoms with Crippen molar-refractivity contribution in [3.05, 3.63) is 53.1 Å². The fourth-order valence-corrected chi connectivity index (χ4v) is 6.23. The molecule has 3 heterocycles. The van der Waals surface area contributed by atoms with Gasteiger partial charge in [0.15, 0.2) is 0 Å². The van der Waals surface area contributed by atoms with Gasteiger partial charge in [0, 0.05) is 28.4 Å². The SMILES string of the molecule is CN1CC[C@@H](c2c3n(c4cc(Cl)ccc24)S(=O)(=O)c2ccccc2-3)C1. The third-order valence-electron chi connectivity index (χ3n) is 5.39. The first kappa shape index (κ1) is 15.4. The van der Waals surface area contributed by atoms with E-state index >= 15 is 0 Å². The van der Waals surface area contributed by atoms with Crippen LogP contribution < -0.4 is 0 Å². The van der Waals surface area contributed by atoms with Crippen LogP contribution in [0.3, 0.4) is 0 Å². The Morgan fingerprint density at radius 3 is 2.72 bits per heavy atom. The molecule has 0 saturated carbocycles. The zero-order valence-electron chi connectivity index (χ0n) is 13.7. The lowest BCUT2D eigenvalue weighted by Gasteiger charge is -2.12. The third-order valence-corrected chi connectivity index (χ3v) is 7.39. The molecule has 1 aromatic heterocycles. The van der Waals surface area contributed by atoms with Gasteiger partial charge in [0.25, 0.3) is 10.0 Å². The molecule has 1 atom stereocenters. The Kier molecular flexibility index (Phi) is 3.15. The smallest absolute Gasteiger partial charge is 0.269 e. The maximum absolute atomic E-state index is 13.2. The fourth-order valence-electron chi connectivity index (χ4n) is 4.33. The number of aromatic nitrogens is 1. The quantitative estimate of drug-likeness (QED) is 0.508. The maximum atomic E-state index is 13.2. The topological polar surface area (TPSA) is 42.3 Å².